The van der Waals surface area contributed by atoms with E-state index < -0.39 is 6.10 Å². The Bertz CT molecular complexity index is 891. The minimum atomic E-state index is -0.558. The van der Waals surface area contributed by atoms with Crippen LogP contribution < -0.4 is 14.8 Å². The van der Waals surface area contributed by atoms with Crippen molar-refractivity contribution in [1.82, 2.24) is 5.32 Å². The van der Waals surface area contributed by atoms with Crippen LogP contribution >= 0.6 is 0 Å². The number of nitrogens with one attached hydrogen (secondary N) is 1. The van der Waals surface area contributed by atoms with Gasteiger partial charge < -0.3 is 14.8 Å². The summed E-state index contributed by atoms with van der Waals surface area (Å²) in [4.78, 5) is 12.1. The van der Waals surface area contributed by atoms with E-state index in [-0.39, 0.29) is 5.91 Å². The van der Waals surface area contributed by atoms with Crippen molar-refractivity contribution in [3.05, 3.63) is 72.3 Å². The van der Waals surface area contributed by atoms with E-state index in [4.69, 9.17) is 9.47 Å². The van der Waals surface area contributed by atoms with Gasteiger partial charge in [-0.2, -0.15) is 0 Å². The molecule has 4 heteroatoms. The fourth-order valence-electron chi connectivity index (χ4n) is 2.69. The molecule has 0 saturated heterocycles. The first kappa shape index (κ1) is 17.8. The van der Waals surface area contributed by atoms with Crippen LogP contribution in [0.2, 0.25) is 0 Å². The van der Waals surface area contributed by atoms with Crippen molar-refractivity contribution in [3.8, 4) is 11.5 Å². The molecule has 0 spiro atoms. The number of ether oxygens (including phenoxy) is 2. The van der Waals surface area contributed by atoms with Crippen molar-refractivity contribution in [2.75, 3.05) is 13.2 Å². The first-order valence-electron chi connectivity index (χ1n) is 8.74. The minimum Gasteiger partial charge on any atom is -0.492 e. The molecule has 134 valence electrons. The van der Waals surface area contributed by atoms with Gasteiger partial charge in [-0.3, -0.25) is 4.79 Å². The molecule has 0 bridgehead atoms. The lowest BCUT2D eigenvalue weighted by Gasteiger charge is -2.15. The van der Waals surface area contributed by atoms with E-state index in [1.54, 1.807) is 6.92 Å². The highest BCUT2D eigenvalue weighted by Crippen LogP contribution is 2.20. The predicted molar refractivity (Wildman–Crippen MR) is 104 cm³/mol. The van der Waals surface area contributed by atoms with Crippen LogP contribution in [-0.4, -0.2) is 25.2 Å². The maximum atomic E-state index is 12.1. The average molecular weight is 349 g/mol. The molecule has 26 heavy (non-hydrogen) atoms. The smallest absolute Gasteiger partial charge is 0.260 e. The van der Waals surface area contributed by atoms with Gasteiger partial charge in [0.2, 0.25) is 0 Å². The summed E-state index contributed by atoms with van der Waals surface area (Å²) in [5, 5.41) is 5.15. The topological polar surface area (TPSA) is 47.6 Å². The molecule has 0 radical (unpaired) electrons. The monoisotopic (exact) mass is 349 g/mol. The Morgan fingerprint density at radius 2 is 1.77 bits per heavy atom. The number of fused-ring (bicyclic) bond motifs is 1. The third kappa shape index (κ3) is 4.76. The molecular weight excluding hydrogens is 326 g/mol. The molecule has 0 fully saturated rings. The van der Waals surface area contributed by atoms with Gasteiger partial charge in [0, 0.05) is 0 Å². The maximum Gasteiger partial charge on any atom is 0.260 e. The fraction of sp³-hybridized carbons (Fsp3) is 0.227. The Morgan fingerprint density at radius 3 is 2.58 bits per heavy atom. The minimum absolute atomic E-state index is 0.159. The largest absolute Gasteiger partial charge is 0.492 e. The van der Waals surface area contributed by atoms with E-state index in [0.717, 1.165) is 16.7 Å². The normalized spacial score (nSPS) is 11.8. The Kier molecular flexibility index (Phi) is 5.74. The highest BCUT2D eigenvalue weighted by atomic mass is 16.5. The van der Waals surface area contributed by atoms with Crippen LogP contribution in [0.1, 0.15) is 12.5 Å². The van der Waals surface area contributed by atoms with Gasteiger partial charge in [-0.1, -0.05) is 42.5 Å². The molecule has 3 aromatic rings. The van der Waals surface area contributed by atoms with Crippen molar-refractivity contribution >= 4 is 16.7 Å². The van der Waals surface area contributed by atoms with Crippen LogP contribution in [0.25, 0.3) is 10.8 Å². The fourth-order valence-corrected chi connectivity index (χ4v) is 2.69. The Labute approximate surface area is 153 Å². The van der Waals surface area contributed by atoms with Crippen LogP contribution in [-0.2, 0) is 4.79 Å². The maximum absolute atomic E-state index is 12.1. The second-order valence-electron chi connectivity index (χ2n) is 6.23. The number of hydrogen-bond acceptors (Lipinski definition) is 3. The molecule has 1 N–H and O–H groups in total. The Balaban J connectivity index is 1.44. The third-order valence-corrected chi connectivity index (χ3v) is 4.06. The molecule has 0 aliphatic rings. The zero-order valence-corrected chi connectivity index (χ0v) is 15.1. The first-order valence-corrected chi connectivity index (χ1v) is 8.74. The summed E-state index contributed by atoms with van der Waals surface area (Å²) in [6, 6.07) is 21.7. The Hall–Kier alpha value is -3.01. The predicted octanol–water partition coefficient (Wildman–Crippen LogP) is 4.11. The van der Waals surface area contributed by atoms with E-state index in [9.17, 15) is 4.79 Å². The molecule has 0 aliphatic heterocycles. The summed E-state index contributed by atoms with van der Waals surface area (Å²) in [5.41, 5.74) is 1.10. The summed E-state index contributed by atoms with van der Waals surface area (Å²) in [7, 11) is 0. The summed E-state index contributed by atoms with van der Waals surface area (Å²) < 4.78 is 11.4. The van der Waals surface area contributed by atoms with Crippen LogP contribution in [0.4, 0.5) is 0 Å². The molecule has 1 atom stereocenters. The standard InChI is InChI=1S/C22H23NO3/c1-16-6-5-9-21(14-16)26-17(2)22(24)23-12-13-25-20-11-10-18-7-3-4-8-19(18)15-20/h3-11,14-15,17H,12-13H2,1-2H3,(H,23,24). The summed E-state index contributed by atoms with van der Waals surface area (Å²) in [6.07, 6.45) is -0.558. The molecular formula is C22H23NO3. The van der Waals surface area contributed by atoms with Crippen LogP contribution in [0.15, 0.2) is 66.7 Å². The van der Waals surface area contributed by atoms with Crippen molar-refractivity contribution in [2.45, 2.75) is 20.0 Å². The highest BCUT2D eigenvalue weighted by Gasteiger charge is 2.14. The van der Waals surface area contributed by atoms with Gasteiger partial charge in [0.25, 0.3) is 5.91 Å². The summed E-state index contributed by atoms with van der Waals surface area (Å²) >= 11 is 0. The summed E-state index contributed by atoms with van der Waals surface area (Å²) in [6.45, 7) is 4.55. The molecule has 0 heterocycles. The zero-order valence-electron chi connectivity index (χ0n) is 15.1. The van der Waals surface area contributed by atoms with Crippen molar-refractivity contribution < 1.29 is 14.3 Å². The van der Waals surface area contributed by atoms with Gasteiger partial charge in [0.05, 0.1) is 6.54 Å². The van der Waals surface area contributed by atoms with Gasteiger partial charge >= 0.3 is 0 Å². The zero-order chi connectivity index (χ0) is 18.4. The van der Waals surface area contributed by atoms with Crippen LogP contribution in [0.3, 0.4) is 0 Å². The van der Waals surface area contributed by atoms with Crippen molar-refractivity contribution in [3.63, 3.8) is 0 Å². The van der Waals surface area contributed by atoms with Gasteiger partial charge in [-0.05, 0) is 54.4 Å². The van der Waals surface area contributed by atoms with Crippen molar-refractivity contribution in [2.24, 2.45) is 0 Å². The quantitative estimate of drug-likeness (QED) is 0.653. The number of carbonyl (C=O) groups excluding carboxylic acids is 1. The van der Waals surface area contributed by atoms with Gasteiger partial charge in [-0.25, -0.2) is 0 Å². The lowest BCUT2D eigenvalue weighted by molar-refractivity contribution is -0.127. The molecule has 1 unspecified atom stereocenters. The van der Waals surface area contributed by atoms with E-state index in [0.29, 0.717) is 18.9 Å². The number of aryl methyl sites for hydroxylation is 1. The van der Waals surface area contributed by atoms with Gasteiger partial charge in [-0.15, -0.1) is 0 Å². The Morgan fingerprint density at radius 1 is 0.962 bits per heavy atom. The average Bonchev–Trinajstić information content (AvgIpc) is 2.65. The first-order chi connectivity index (χ1) is 12.6. The van der Waals surface area contributed by atoms with Crippen LogP contribution in [0, 0.1) is 6.92 Å². The van der Waals surface area contributed by atoms with Crippen LogP contribution in [0.5, 0.6) is 11.5 Å². The second kappa shape index (κ2) is 8.39. The number of benzene rings is 3. The van der Waals surface area contributed by atoms with E-state index in [2.05, 4.69) is 11.4 Å². The molecule has 0 saturated carbocycles. The number of carbonyl (C=O) groups is 1. The second-order valence-corrected chi connectivity index (χ2v) is 6.23. The number of hydrogen-bond donors (Lipinski definition) is 1. The molecule has 0 aliphatic carbocycles. The molecule has 0 aromatic heterocycles. The lowest BCUT2D eigenvalue weighted by Crippen LogP contribution is -2.38. The number of amides is 1. The lowest BCUT2D eigenvalue weighted by atomic mass is 10.1. The SMILES string of the molecule is Cc1cccc(OC(C)C(=O)NCCOc2ccc3ccccc3c2)c1. The molecule has 1 amide bonds. The third-order valence-electron chi connectivity index (χ3n) is 4.06. The van der Waals surface area contributed by atoms with E-state index in [1.807, 2.05) is 67.6 Å². The molecule has 3 aromatic carbocycles. The summed E-state index contributed by atoms with van der Waals surface area (Å²) in [5.74, 6) is 1.33. The molecule has 3 rings (SSSR count). The number of rotatable bonds is 7. The molecule has 4 nitrogen and oxygen atoms in total. The highest BCUT2D eigenvalue weighted by molar-refractivity contribution is 5.83. The van der Waals surface area contributed by atoms with Crippen molar-refractivity contribution in [1.29, 1.82) is 0 Å². The van der Waals surface area contributed by atoms with E-state index in [1.165, 1.54) is 5.39 Å². The van der Waals surface area contributed by atoms with E-state index >= 15 is 0 Å². The van der Waals surface area contributed by atoms with Gasteiger partial charge in [0.1, 0.15) is 18.1 Å². The van der Waals surface area contributed by atoms with Gasteiger partial charge in [0.15, 0.2) is 6.10 Å².